The number of anilines is 1. The van der Waals surface area contributed by atoms with Crippen molar-refractivity contribution in [3.8, 4) is 0 Å². The van der Waals surface area contributed by atoms with Crippen LogP contribution in [-0.2, 0) is 0 Å². The Kier molecular flexibility index (Phi) is 2.28. The lowest BCUT2D eigenvalue weighted by atomic mass is 10.3. The zero-order valence-corrected chi connectivity index (χ0v) is 7.43. The molecular weight excluding hydrogens is 200 g/mol. The number of aromatic nitrogens is 3. The summed E-state index contributed by atoms with van der Waals surface area (Å²) >= 11 is 0. The zero-order chi connectivity index (χ0) is 10.7. The maximum absolute atomic E-state index is 11.5. The first-order chi connectivity index (χ1) is 7.25. The Labute approximate surface area is 83.1 Å². The highest BCUT2D eigenvalue weighted by Crippen LogP contribution is 2.04. The number of hydrogen-bond acceptors (Lipinski definition) is 5. The summed E-state index contributed by atoms with van der Waals surface area (Å²) in [5, 5.41) is 5.86. The molecule has 0 aliphatic rings. The summed E-state index contributed by atoms with van der Waals surface area (Å²) in [5.74, 6) is -0.496. The summed E-state index contributed by atoms with van der Waals surface area (Å²) in [6.45, 7) is 0. The van der Waals surface area contributed by atoms with Gasteiger partial charge in [-0.1, -0.05) is 5.16 Å². The Morgan fingerprint density at radius 3 is 3.07 bits per heavy atom. The molecule has 0 fully saturated rings. The van der Waals surface area contributed by atoms with Crippen LogP contribution < -0.4 is 10.9 Å². The molecule has 15 heavy (non-hydrogen) atoms. The fourth-order valence-corrected chi connectivity index (χ4v) is 0.954. The Hall–Kier alpha value is -2.44. The molecule has 0 spiro atoms. The van der Waals surface area contributed by atoms with Gasteiger partial charge in [0.1, 0.15) is 17.6 Å². The molecule has 0 aromatic carbocycles. The third kappa shape index (κ3) is 2.08. The quantitative estimate of drug-likeness (QED) is 0.720. The summed E-state index contributed by atoms with van der Waals surface area (Å²) in [4.78, 5) is 28.4. The third-order valence-corrected chi connectivity index (χ3v) is 1.60. The van der Waals surface area contributed by atoms with Crippen molar-refractivity contribution in [3.63, 3.8) is 0 Å². The first-order valence-electron chi connectivity index (χ1n) is 4.01. The Morgan fingerprint density at radius 1 is 1.53 bits per heavy atom. The molecule has 2 aromatic heterocycles. The number of carbonyl (C=O) groups is 1. The van der Waals surface area contributed by atoms with Gasteiger partial charge in [-0.3, -0.25) is 9.59 Å². The van der Waals surface area contributed by atoms with Crippen LogP contribution in [0, 0.1) is 0 Å². The standard InChI is InChI=1S/C8H6N4O3/c13-7-1-6(9-4-10-7)8(14)12-5-2-11-15-3-5/h1-4H,(H,12,14)(H,9,10,13). The van der Waals surface area contributed by atoms with Crippen LogP contribution in [0.1, 0.15) is 10.5 Å². The van der Waals surface area contributed by atoms with Crippen molar-refractivity contribution in [1.82, 2.24) is 15.1 Å². The van der Waals surface area contributed by atoms with Crippen LogP contribution >= 0.6 is 0 Å². The molecule has 0 unspecified atom stereocenters. The fraction of sp³-hybridized carbons (Fsp3) is 0. The third-order valence-electron chi connectivity index (χ3n) is 1.60. The van der Waals surface area contributed by atoms with Crippen molar-refractivity contribution in [2.24, 2.45) is 0 Å². The lowest BCUT2D eigenvalue weighted by Crippen LogP contribution is -2.17. The number of nitrogens with one attached hydrogen (secondary N) is 2. The van der Waals surface area contributed by atoms with E-state index in [1.807, 2.05) is 0 Å². The predicted molar refractivity (Wildman–Crippen MR) is 49.3 cm³/mol. The summed E-state index contributed by atoms with van der Waals surface area (Å²) in [6, 6.07) is 1.10. The lowest BCUT2D eigenvalue weighted by Gasteiger charge is -1.98. The molecule has 0 aliphatic carbocycles. The minimum Gasteiger partial charge on any atom is -0.363 e. The molecule has 2 N–H and O–H groups in total. The zero-order valence-electron chi connectivity index (χ0n) is 7.43. The minimum absolute atomic E-state index is 0.0277. The number of amides is 1. The van der Waals surface area contributed by atoms with Crippen LogP contribution in [0.2, 0.25) is 0 Å². The first kappa shape index (κ1) is 9.13. The van der Waals surface area contributed by atoms with Crippen molar-refractivity contribution in [2.75, 3.05) is 5.32 Å². The molecule has 7 nitrogen and oxygen atoms in total. The average molecular weight is 206 g/mol. The fourth-order valence-electron chi connectivity index (χ4n) is 0.954. The van der Waals surface area contributed by atoms with E-state index >= 15 is 0 Å². The molecule has 7 heteroatoms. The van der Waals surface area contributed by atoms with Crippen molar-refractivity contribution in [2.45, 2.75) is 0 Å². The van der Waals surface area contributed by atoms with Gasteiger partial charge in [0.05, 0.1) is 12.5 Å². The number of hydrogen-bond donors (Lipinski definition) is 2. The SMILES string of the molecule is O=C(Nc1cnoc1)c1cc(=O)[nH]cn1. The highest BCUT2D eigenvalue weighted by Gasteiger charge is 2.08. The van der Waals surface area contributed by atoms with Gasteiger partial charge in [-0.2, -0.15) is 0 Å². The maximum atomic E-state index is 11.5. The normalized spacial score (nSPS) is 9.87. The molecule has 0 atom stereocenters. The van der Waals surface area contributed by atoms with E-state index < -0.39 is 5.91 Å². The number of H-pyrrole nitrogens is 1. The van der Waals surface area contributed by atoms with E-state index in [2.05, 4.69) is 25.0 Å². The molecule has 2 aromatic rings. The lowest BCUT2D eigenvalue weighted by molar-refractivity contribution is 0.102. The van der Waals surface area contributed by atoms with E-state index in [1.54, 1.807) is 0 Å². The van der Waals surface area contributed by atoms with E-state index in [0.717, 1.165) is 12.4 Å². The molecule has 2 heterocycles. The van der Waals surface area contributed by atoms with Crippen LogP contribution in [0.15, 0.2) is 34.2 Å². The van der Waals surface area contributed by atoms with Gasteiger partial charge in [0.25, 0.3) is 11.5 Å². The van der Waals surface area contributed by atoms with E-state index in [9.17, 15) is 9.59 Å². The van der Waals surface area contributed by atoms with Crippen molar-refractivity contribution in [3.05, 3.63) is 40.9 Å². The summed E-state index contributed by atoms with van der Waals surface area (Å²) < 4.78 is 4.52. The Balaban J connectivity index is 2.18. The van der Waals surface area contributed by atoms with Gasteiger partial charge >= 0.3 is 0 Å². The summed E-state index contributed by atoms with van der Waals surface area (Å²) in [5.41, 5.74) is 0.0440. The molecule has 0 saturated heterocycles. The van der Waals surface area contributed by atoms with Gasteiger partial charge < -0.3 is 14.8 Å². The smallest absolute Gasteiger partial charge is 0.274 e. The van der Waals surface area contributed by atoms with Crippen LogP contribution in [0.5, 0.6) is 0 Å². The average Bonchev–Trinajstić information content (AvgIpc) is 2.70. The van der Waals surface area contributed by atoms with Gasteiger partial charge in [0.15, 0.2) is 0 Å². The summed E-state index contributed by atoms with van der Waals surface area (Å²) in [7, 11) is 0. The van der Waals surface area contributed by atoms with Gasteiger partial charge in [-0.05, 0) is 0 Å². The van der Waals surface area contributed by atoms with Gasteiger partial charge in [0, 0.05) is 6.07 Å². The number of nitrogens with zero attached hydrogens (tertiary/aromatic N) is 2. The van der Waals surface area contributed by atoms with Crippen LogP contribution in [0.3, 0.4) is 0 Å². The second-order valence-electron chi connectivity index (χ2n) is 2.66. The van der Waals surface area contributed by atoms with Gasteiger partial charge in [-0.15, -0.1) is 0 Å². The topological polar surface area (TPSA) is 101 Å². The molecule has 2 rings (SSSR count). The molecule has 0 radical (unpaired) electrons. The number of rotatable bonds is 2. The van der Waals surface area contributed by atoms with Crippen LogP contribution in [-0.4, -0.2) is 21.0 Å². The molecule has 0 aliphatic heterocycles. The molecule has 1 amide bonds. The second-order valence-corrected chi connectivity index (χ2v) is 2.66. The molecular formula is C8H6N4O3. The Bertz CT molecular complexity index is 517. The van der Waals surface area contributed by atoms with Gasteiger partial charge in [0.2, 0.25) is 0 Å². The van der Waals surface area contributed by atoms with E-state index in [-0.39, 0.29) is 11.3 Å². The van der Waals surface area contributed by atoms with E-state index in [1.165, 1.54) is 12.5 Å². The monoisotopic (exact) mass is 206 g/mol. The maximum Gasteiger partial charge on any atom is 0.274 e. The molecule has 76 valence electrons. The summed E-state index contributed by atoms with van der Waals surface area (Å²) in [6.07, 6.45) is 3.76. The molecule has 0 saturated carbocycles. The van der Waals surface area contributed by atoms with Crippen molar-refractivity contribution < 1.29 is 9.32 Å². The van der Waals surface area contributed by atoms with Crippen molar-refractivity contribution >= 4 is 11.6 Å². The van der Waals surface area contributed by atoms with Crippen LogP contribution in [0.25, 0.3) is 0 Å². The van der Waals surface area contributed by atoms with E-state index in [0.29, 0.717) is 5.69 Å². The molecule has 0 bridgehead atoms. The highest BCUT2D eigenvalue weighted by molar-refractivity contribution is 6.02. The second kappa shape index (κ2) is 3.74. The van der Waals surface area contributed by atoms with Gasteiger partial charge in [-0.25, -0.2) is 4.98 Å². The number of aromatic amines is 1. The van der Waals surface area contributed by atoms with Crippen LogP contribution in [0.4, 0.5) is 5.69 Å². The first-order valence-corrected chi connectivity index (χ1v) is 4.01. The minimum atomic E-state index is -0.496. The Morgan fingerprint density at radius 2 is 2.40 bits per heavy atom. The largest absolute Gasteiger partial charge is 0.363 e. The highest BCUT2D eigenvalue weighted by atomic mass is 16.5. The predicted octanol–water partition coefficient (Wildman–Crippen LogP) is 0.0102. The number of carbonyl (C=O) groups excluding carboxylic acids is 1. The van der Waals surface area contributed by atoms with Crippen molar-refractivity contribution in [1.29, 1.82) is 0 Å². The van der Waals surface area contributed by atoms with E-state index in [4.69, 9.17) is 0 Å².